The Morgan fingerprint density at radius 3 is 2.33 bits per heavy atom. The summed E-state index contributed by atoms with van der Waals surface area (Å²) in [4.78, 5) is 16.9. The van der Waals surface area contributed by atoms with Gasteiger partial charge < -0.3 is 24.6 Å². The van der Waals surface area contributed by atoms with E-state index in [9.17, 15) is 4.79 Å². The van der Waals surface area contributed by atoms with Crippen LogP contribution in [0.3, 0.4) is 0 Å². The van der Waals surface area contributed by atoms with E-state index in [0.29, 0.717) is 18.0 Å². The summed E-state index contributed by atoms with van der Waals surface area (Å²) in [5.41, 5.74) is 2.32. The first-order valence-electron chi connectivity index (χ1n) is 11.1. The first kappa shape index (κ1) is 22.5. The minimum atomic E-state index is -0.238. The van der Waals surface area contributed by atoms with Gasteiger partial charge in [-0.25, -0.2) is 0 Å². The fourth-order valence-electron chi connectivity index (χ4n) is 3.58. The molecule has 0 atom stereocenters. The van der Waals surface area contributed by atoms with Crippen molar-refractivity contribution in [3.05, 3.63) is 60.7 Å². The molecule has 172 valence electrons. The number of nitrogens with one attached hydrogen (secondary N) is 1. The molecule has 0 aliphatic carbocycles. The van der Waals surface area contributed by atoms with E-state index >= 15 is 0 Å². The van der Waals surface area contributed by atoms with Crippen molar-refractivity contribution in [2.24, 2.45) is 0 Å². The van der Waals surface area contributed by atoms with Crippen LogP contribution in [0.25, 0.3) is 11.3 Å². The maximum atomic E-state index is 12.3. The predicted octanol–water partition coefficient (Wildman–Crippen LogP) is 3.31. The van der Waals surface area contributed by atoms with Gasteiger partial charge in [-0.2, -0.15) is 0 Å². The summed E-state index contributed by atoms with van der Waals surface area (Å²) in [6, 6.07) is 18.7. The zero-order valence-corrected chi connectivity index (χ0v) is 19.0. The molecule has 0 saturated carbocycles. The highest BCUT2D eigenvalue weighted by molar-refractivity contribution is 5.92. The van der Waals surface area contributed by atoms with E-state index < -0.39 is 0 Å². The smallest absolute Gasteiger partial charge is 0.262 e. The van der Waals surface area contributed by atoms with E-state index in [2.05, 4.69) is 32.4 Å². The van der Waals surface area contributed by atoms with Crippen LogP contribution in [0.2, 0.25) is 0 Å². The molecule has 1 aliphatic rings. The number of ether oxygens (including phenoxy) is 2. The van der Waals surface area contributed by atoms with Gasteiger partial charge in [-0.1, -0.05) is 12.1 Å². The second kappa shape index (κ2) is 10.8. The van der Waals surface area contributed by atoms with Gasteiger partial charge in [0.25, 0.3) is 5.91 Å². The zero-order chi connectivity index (χ0) is 23.0. The van der Waals surface area contributed by atoms with Gasteiger partial charge in [0.15, 0.2) is 12.4 Å². The van der Waals surface area contributed by atoms with Crippen molar-refractivity contribution < 1.29 is 14.3 Å². The van der Waals surface area contributed by atoms with Crippen molar-refractivity contribution in [2.75, 3.05) is 56.7 Å². The number of hydrogen-bond acceptors (Lipinski definition) is 7. The van der Waals surface area contributed by atoms with Crippen molar-refractivity contribution in [2.45, 2.75) is 6.92 Å². The average Bonchev–Trinajstić information content (AvgIpc) is 2.85. The summed E-state index contributed by atoms with van der Waals surface area (Å²) >= 11 is 0. The Hall–Kier alpha value is -3.65. The van der Waals surface area contributed by atoms with E-state index in [1.807, 2.05) is 55.5 Å². The zero-order valence-electron chi connectivity index (χ0n) is 19.0. The topological polar surface area (TPSA) is 79.8 Å². The Balaban J connectivity index is 1.33. The average molecular weight is 448 g/mol. The molecule has 1 N–H and O–H groups in total. The predicted molar refractivity (Wildman–Crippen MR) is 129 cm³/mol. The quantitative estimate of drug-likeness (QED) is 0.567. The molecule has 0 bridgehead atoms. The first-order chi connectivity index (χ1) is 16.1. The molecule has 2 heterocycles. The number of benzene rings is 2. The van der Waals surface area contributed by atoms with Crippen LogP contribution in [0.5, 0.6) is 11.5 Å². The Morgan fingerprint density at radius 1 is 0.939 bits per heavy atom. The molecular formula is C25H29N5O3. The molecule has 4 rings (SSSR count). The van der Waals surface area contributed by atoms with Gasteiger partial charge in [0.1, 0.15) is 11.5 Å². The van der Waals surface area contributed by atoms with Crippen molar-refractivity contribution in [3.8, 4) is 22.8 Å². The third-order valence-electron chi connectivity index (χ3n) is 5.42. The third-order valence-corrected chi connectivity index (χ3v) is 5.42. The van der Waals surface area contributed by atoms with Crippen molar-refractivity contribution in [3.63, 3.8) is 0 Å². The second-order valence-electron chi connectivity index (χ2n) is 7.89. The van der Waals surface area contributed by atoms with E-state index in [1.54, 1.807) is 12.1 Å². The van der Waals surface area contributed by atoms with E-state index in [-0.39, 0.29) is 12.5 Å². The van der Waals surface area contributed by atoms with Crippen molar-refractivity contribution in [1.82, 2.24) is 15.1 Å². The summed E-state index contributed by atoms with van der Waals surface area (Å²) in [5, 5.41) is 11.7. The first-order valence-corrected chi connectivity index (χ1v) is 11.1. The van der Waals surface area contributed by atoms with Gasteiger partial charge in [-0.15, -0.1) is 10.2 Å². The molecule has 33 heavy (non-hydrogen) atoms. The van der Waals surface area contributed by atoms with Crippen LogP contribution in [-0.4, -0.2) is 67.4 Å². The van der Waals surface area contributed by atoms with Crippen molar-refractivity contribution >= 4 is 17.4 Å². The van der Waals surface area contributed by atoms with Gasteiger partial charge in [-0.05, 0) is 62.5 Å². The molecule has 8 heteroatoms. The monoisotopic (exact) mass is 447 g/mol. The highest BCUT2D eigenvalue weighted by atomic mass is 16.5. The molecule has 1 aromatic heterocycles. The van der Waals surface area contributed by atoms with Gasteiger partial charge in [-0.3, -0.25) is 4.79 Å². The SMILES string of the molecule is CCOc1ccc(OCC(=O)Nc2cccc(-c3ccc(N4CCN(C)CC4)nn3)c2)cc1. The summed E-state index contributed by atoms with van der Waals surface area (Å²) in [7, 11) is 2.13. The lowest BCUT2D eigenvalue weighted by Crippen LogP contribution is -2.44. The van der Waals surface area contributed by atoms with E-state index in [4.69, 9.17) is 9.47 Å². The molecule has 1 amide bonds. The summed E-state index contributed by atoms with van der Waals surface area (Å²) < 4.78 is 11.0. The Morgan fingerprint density at radius 2 is 1.67 bits per heavy atom. The number of hydrogen-bond donors (Lipinski definition) is 1. The number of carbonyl (C=O) groups excluding carboxylic acids is 1. The lowest BCUT2D eigenvalue weighted by atomic mass is 10.1. The molecule has 8 nitrogen and oxygen atoms in total. The van der Waals surface area contributed by atoms with Gasteiger partial charge >= 0.3 is 0 Å². The Labute approximate surface area is 194 Å². The van der Waals surface area contributed by atoms with Gasteiger partial charge in [0.05, 0.1) is 12.3 Å². The molecule has 0 radical (unpaired) electrons. The number of piperazine rings is 1. The van der Waals surface area contributed by atoms with Crippen LogP contribution in [0.4, 0.5) is 11.5 Å². The lowest BCUT2D eigenvalue weighted by molar-refractivity contribution is -0.118. The number of likely N-dealkylation sites (N-methyl/N-ethyl adjacent to an activating group) is 1. The van der Waals surface area contributed by atoms with E-state index in [1.165, 1.54) is 0 Å². The Bertz CT molecular complexity index is 1050. The molecule has 0 unspecified atom stereocenters. The van der Waals surface area contributed by atoms with Gasteiger partial charge in [0, 0.05) is 37.4 Å². The minimum absolute atomic E-state index is 0.0856. The standard InChI is InChI=1S/C25H29N5O3/c1-3-32-21-7-9-22(10-8-21)33-18-25(31)26-20-6-4-5-19(17-20)23-11-12-24(28-27-23)30-15-13-29(2)14-16-30/h4-12,17H,3,13-16,18H2,1-2H3,(H,26,31). The largest absolute Gasteiger partial charge is 0.494 e. The number of rotatable bonds is 8. The fourth-order valence-corrected chi connectivity index (χ4v) is 3.58. The lowest BCUT2D eigenvalue weighted by Gasteiger charge is -2.32. The second-order valence-corrected chi connectivity index (χ2v) is 7.89. The molecule has 2 aromatic carbocycles. The Kier molecular flexibility index (Phi) is 7.36. The highest BCUT2D eigenvalue weighted by Crippen LogP contribution is 2.23. The summed E-state index contributed by atoms with van der Waals surface area (Å²) in [6.07, 6.45) is 0. The van der Waals surface area contributed by atoms with Crippen molar-refractivity contribution in [1.29, 1.82) is 0 Å². The van der Waals surface area contributed by atoms with Crippen LogP contribution >= 0.6 is 0 Å². The van der Waals surface area contributed by atoms with Crippen LogP contribution in [0.1, 0.15) is 6.92 Å². The van der Waals surface area contributed by atoms with Crippen LogP contribution in [0, 0.1) is 0 Å². The maximum absolute atomic E-state index is 12.3. The number of carbonyl (C=O) groups is 1. The van der Waals surface area contributed by atoms with Crippen LogP contribution in [0.15, 0.2) is 60.7 Å². The third kappa shape index (κ3) is 6.20. The molecule has 3 aromatic rings. The molecule has 1 fully saturated rings. The normalized spacial score (nSPS) is 14.1. The van der Waals surface area contributed by atoms with Crippen LogP contribution in [-0.2, 0) is 4.79 Å². The summed E-state index contributed by atoms with van der Waals surface area (Å²) in [5.74, 6) is 2.03. The number of anilines is 2. The molecule has 1 aliphatic heterocycles. The minimum Gasteiger partial charge on any atom is -0.494 e. The maximum Gasteiger partial charge on any atom is 0.262 e. The number of amides is 1. The van der Waals surface area contributed by atoms with Gasteiger partial charge in [0.2, 0.25) is 0 Å². The van der Waals surface area contributed by atoms with E-state index in [0.717, 1.165) is 49.0 Å². The summed E-state index contributed by atoms with van der Waals surface area (Å²) in [6.45, 7) is 6.39. The van der Waals surface area contributed by atoms with Crippen LogP contribution < -0.4 is 19.7 Å². The molecular weight excluding hydrogens is 418 g/mol. The fraction of sp³-hybridized carbons (Fsp3) is 0.320. The highest BCUT2D eigenvalue weighted by Gasteiger charge is 2.16. The molecule has 1 saturated heterocycles. The number of nitrogens with zero attached hydrogens (tertiary/aromatic N) is 4. The molecule has 0 spiro atoms. The number of aromatic nitrogens is 2.